The molecule has 0 spiro atoms. The number of methoxy groups -OCH3 is 1. The van der Waals surface area contributed by atoms with Crippen molar-refractivity contribution in [1.29, 1.82) is 0 Å². The standard InChI is InChI=1S/C18H26ClNO2/c1-21-16-11-14(18(20)9-5-2-6-10-18)15(19)12-17(16)22-13-7-3-4-8-13/h11-13H,2-10,20H2,1H3. The Morgan fingerprint density at radius 3 is 2.36 bits per heavy atom. The zero-order valence-electron chi connectivity index (χ0n) is 13.4. The largest absolute Gasteiger partial charge is 0.493 e. The summed E-state index contributed by atoms with van der Waals surface area (Å²) in [5, 5.41) is 0.707. The minimum Gasteiger partial charge on any atom is -0.493 e. The van der Waals surface area contributed by atoms with Crippen molar-refractivity contribution in [2.24, 2.45) is 5.73 Å². The number of benzene rings is 1. The van der Waals surface area contributed by atoms with E-state index in [1.165, 1.54) is 19.3 Å². The molecular weight excluding hydrogens is 298 g/mol. The van der Waals surface area contributed by atoms with Crippen molar-refractivity contribution in [1.82, 2.24) is 0 Å². The molecule has 0 saturated heterocycles. The molecule has 3 nitrogen and oxygen atoms in total. The Morgan fingerprint density at radius 1 is 1.05 bits per heavy atom. The van der Waals surface area contributed by atoms with Crippen LogP contribution in [0.2, 0.25) is 5.02 Å². The highest BCUT2D eigenvalue weighted by atomic mass is 35.5. The molecule has 0 heterocycles. The van der Waals surface area contributed by atoms with E-state index in [9.17, 15) is 0 Å². The van der Waals surface area contributed by atoms with Crippen LogP contribution in [0, 0.1) is 0 Å². The Kier molecular flexibility index (Phi) is 4.84. The fraction of sp³-hybridized carbons (Fsp3) is 0.667. The summed E-state index contributed by atoms with van der Waals surface area (Å²) in [6.07, 6.45) is 10.6. The summed E-state index contributed by atoms with van der Waals surface area (Å²) in [5.41, 5.74) is 7.32. The molecule has 0 unspecified atom stereocenters. The molecule has 0 aliphatic heterocycles. The molecule has 22 heavy (non-hydrogen) atoms. The van der Waals surface area contributed by atoms with Gasteiger partial charge < -0.3 is 15.2 Å². The van der Waals surface area contributed by atoms with Gasteiger partial charge >= 0.3 is 0 Å². The number of nitrogens with two attached hydrogens (primary N) is 1. The van der Waals surface area contributed by atoms with Crippen LogP contribution in [-0.4, -0.2) is 13.2 Å². The lowest BCUT2D eigenvalue weighted by molar-refractivity contribution is 0.200. The van der Waals surface area contributed by atoms with Crippen molar-refractivity contribution in [3.63, 3.8) is 0 Å². The van der Waals surface area contributed by atoms with E-state index >= 15 is 0 Å². The molecule has 3 rings (SSSR count). The van der Waals surface area contributed by atoms with E-state index < -0.39 is 0 Å². The van der Waals surface area contributed by atoms with E-state index in [0.717, 1.165) is 55.6 Å². The lowest BCUT2D eigenvalue weighted by Crippen LogP contribution is -2.38. The molecule has 0 aromatic heterocycles. The molecule has 0 bridgehead atoms. The first-order valence-electron chi connectivity index (χ1n) is 8.46. The molecular formula is C18H26ClNO2. The zero-order valence-corrected chi connectivity index (χ0v) is 14.1. The van der Waals surface area contributed by atoms with Gasteiger partial charge in [0.2, 0.25) is 0 Å². The third-order valence-electron chi connectivity index (χ3n) is 5.13. The lowest BCUT2D eigenvalue weighted by Gasteiger charge is -2.35. The first-order valence-corrected chi connectivity index (χ1v) is 8.84. The number of hydrogen-bond donors (Lipinski definition) is 1. The Hall–Kier alpha value is -0.930. The number of rotatable bonds is 4. The molecule has 2 aliphatic carbocycles. The fourth-order valence-corrected chi connectivity index (χ4v) is 4.15. The normalized spacial score (nSPS) is 21.8. The molecule has 122 valence electrons. The predicted molar refractivity (Wildman–Crippen MR) is 89.8 cm³/mol. The van der Waals surface area contributed by atoms with Crippen LogP contribution in [0.25, 0.3) is 0 Å². The van der Waals surface area contributed by atoms with E-state index in [-0.39, 0.29) is 11.6 Å². The maximum Gasteiger partial charge on any atom is 0.163 e. The average molecular weight is 324 g/mol. The summed E-state index contributed by atoms with van der Waals surface area (Å²) in [7, 11) is 1.68. The topological polar surface area (TPSA) is 44.5 Å². The summed E-state index contributed by atoms with van der Waals surface area (Å²) in [6.45, 7) is 0. The maximum atomic E-state index is 6.64. The maximum absolute atomic E-state index is 6.64. The van der Waals surface area contributed by atoms with E-state index in [1.807, 2.05) is 12.1 Å². The van der Waals surface area contributed by atoms with Gasteiger partial charge in [-0.25, -0.2) is 0 Å². The monoisotopic (exact) mass is 323 g/mol. The summed E-state index contributed by atoms with van der Waals surface area (Å²) in [6, 6.07) is 3.90. The highest BCUT2D eigenvalue weighted by Crippen LogP contribution is 2.43. The van der Waals surface area contributed by atoms with Crippen molar-refractivity contribution in [3.05, 3.63) is 22.7 Å². The van der Waals surface area contributed by atoms with Gasteiger partial charge in [0.05, 0.1) is 13.2 Å². The van der Waals surface area contributed by atoms with Crippen LogP contribution in [0.4, 0.5) is 0 Å². The van der Waals surface area contributed by atoms with Crippen LogP contribution in [0.5, 0.6) is 11.5 Å². The molecule has 2 saturated carbocycles. The summed E-state index contributed by atoms with van der Waals surface area (Å²) in [5.74, 6) is 1.50. The number of halogens is 1. The Labute approximate surface area is 138 Å². The van der Waals surface area contributed by atoms with Crippen LogP contribution in [-0.2, 0) is 5.54 Å². The van der Waals surface area contributed by atoms with Crippen LogP contribution in [0.3, 0.4) is 0 Å². The first kappa shape index (κ1) is 15.9. The molecule has 4 heteroatoms. The lowest BCUT2D eigenvalue weighted by atomic mass is 9.77. The van der Waals surface area contributed by atoms with Gasteiger partial charge in [-0.1, -0.05) is 30.9 Å². The predicted octanol–water partition coefficient (Wildman–Crippen LogP) is 4.79. The minimum atomic E-state index is -0.325. The van der Waals surface area contributed by atoms with Crippen molar-refractivity contribution in [2.45, 2.75) is 69.4 Å². The van der Waals surface area contributed by atoms with Crippen molar-refractivity contribution >= 4 is 11.6 Å². The third-order valence-corrected chi connectivity index (χ3v) is 5.44. The molecule has 2 aliphatic rings. The smallest absolute Gasteiger partial charge is 0.163 e. The molecule has 1 aromatic carbocycles. The summed E-state index contributed by atoms with van der Waals surface area (Å²) in [4.78, 5) is 0. The molecule has 0 radical (unpaired) electrons. The number of hydrogen-bond acceptors (Lipinski definition) is 3. The van der Waals surface area contributed by atoms with E-state index in [1.54, 1.807) is 7.11 Å². The second-order valence-corrected chi connectivity index (χ2v) is 7.13. The summed E-state index contributed by atoms with van der Waals surface area (Å²) < 4.78 is 11.7. The van der Waals surface area contributed by atoms with Crippen LogP contribution in [0.1, 0.15) is 63.4 Å². The van der Waals surface area contributed by atoms with Crippen molar-refractivity contribution in [3.8, 4) is 11.5 Å². The van der Waals surface area contributed by atoms with Crippen LogP contribution in [0.15, 0.2) is 12.1 Å². The SMILES string of the molecule is COc1cc(C2(N)CCCCC2)c(Cl)cc1OC1CCCC1. The van der Waals surface area contributed by atoms with Gasteiger partial charge in [-0.3, -0.25) is 0 Å². The molecule has 1 aromatic rings. The second kappa shape index (κ2) is 6.67. The molecule has 0 amide bonds. The highest BCUT2D eigenvalue weighted by Gasteiger charge is 2.32. The van der Waals surface area contributed by atoms with Crippen molar-refractivity contribution < 1.29 is 9.47 Å². The highest BCUT2D eigenvalue weighted by molar-refractivity contribution is 6.31. The summed E-state index contributed by atoms with van der Waals surface area (Å²) >= 11 is 6.55. The van der Waals surface area contributed by atoms with Gasteiger partial charge in [0.1, 0.15) is 0 Å². The van der Waals surface area contributed by atoms with E-state index in [4.69, 9.17) is 26.8 Å². The Balaban J connectivity index is 1.89. The van der Waals surface area contributed by atoms with Gasteiger partial charge in [-0.2, -0.15) is 0 Å². The van der Waals surface area contributed by atoms with Gasteiger partial charge in [0.25, 0.3) is 0 Å². The fourth-order valence-electron chi connectivity index (χ4n) is 3.81. The zero-order chi connectivity index (χ0) is 15.6. The second-order valence-electron chi connectivity index (χ2n) is 6.72. The van der Waals surface area contributed by atoms with Gasteiger partial charge in [0.15, 0.2) is 11.5 Å². The average Bonchev–Trinajstić information content (AvgIpc) is 3.01. The Bertz CT molecular complexity index is 520. The molecule has 2 N–H and O–H groups in total. The Morgan fingerprint density at radius 2 is 1.73 bits per heavy atom. The molecule has 0 atom stereocenters. The van der Waals surface area contributed by atoms with Gasteiger partial charge in [0, 0.05) is 16.6 Å². The van der Waals surface area contributed by atoms with Crippen LogP contribution >= 0.6 is 11.6 Å². The van der Waals surface area contributed by atoms with Crippen LogP contribution < -0.4 is 15.2 Å². The van der Waals surface area contributed by atoms with Gasteiger partial charge in [-0.05, 0) is 50.2 Å². The van der Waals surface area contributed by atoms with Crippen molar-refractivity contribution in [2.75, 3.05) is 7.11 Å². The third kappa shape index (κ3) is 3.21. The van der Waals surface area contributed by atoms with E-state index in [2.05, 4.69) is 0 Å². The number of ether oxygens (including phenoxy) is 2. The first-order chi connectivity index (χ1) is 10.6. The quantitative estimate of drug-likeness (QED) is 0.866. The van der Waals surface area contributed by atoms with E-state index in [0.29, 0.717) is 5.02 Å². The minimum absolute atomic E-state index is 0.289. The molecule has 2 fully saturated rings. The van der Waals surface area contributed by atoms with Gasteiger partial charge in [-0.15, -0.1) is 0 Å².